The zero-order valence-corrected chi connectivity index (χ0v) is 17.4. The van der Waals surface area contributed by atoms with Crippen molar-refractivity contribution in [3.05, 3.63) is 71.8 Å². The third-order valence-electron chi connectivity index (χ3n) is 4.56. The Morgan fingerprint density at radius 2 is 1.59 bits per heavy atom. The van der Waals surface area contributed by atoms with Crippen molar-refractivity contribution >= 4 is 6.09 Å². The maximum Gasteiger partial charge on any atom is 0.434 e. The highest BCUT2D eigenvalue weighted by atomic mass is 16.6. The summed E-state index contributed by atoms with van der Waals surface area (Å²) in [6.07, 6.45) is -1.30. The second kappa shape index (κ2) is 11.0. The van der Waals surface area contributed by atoms with Gasteiger partial charge < -0.3 is 15.2 Å². The van der Waals surface area contributed by atoms with Crippen molar-refractivity contribution in [2.45, 2.75) is 39.4 Å². The Balaban J connectivity index is 1.75. The molecule has 0 aliphatic rings. The molecule has 2 unspecified atom stereocenters. The number of nitrogens with one attached hydrogen (secondary N) is 1. The number of rotatable bonds is 9. The zero-order chi connectivity index (χ0) is 21.3. The van der Waals surface area contributed by atoms with Crippen LogP contribution in [0.2, 0.25) is 0 Å². The molecule has 6 heteroatoms. The van der Waals surface area contributed by atoms with E-state index >= 15 is 0 Å². The van der Waals surface area contributed by atoms with Crippen molar-refractivity contribution in [1.82, 2.24) is 10.4 Å². The molecule has 29 heavy (non-hydrogen) atoms. The highest BCUT2D eigenvalue weighted by Gasteiger charge is 2.31. The summed E-state index contributed by atoms with van der Waals surface area (Å²) in [4.78, 5) is 12.3. The third-order valence-corrected chi connectivity index (χ3v) is 4.56. The molecule has 2 aromatic carbocycles. The van der Waals surface area contributed by atoms with Crippen LogP contribution in [0.25, 0.3) is 0 Å². The molecule has 2 rings (SSSR count). The largest absolute Gasteiger partial charge is 0.439 e. The van der Waals surface area contributed by atoms with Gasteiger partial charge in [0.05, 0.1) is 12.6 Å². The van der Waals surface area contributed by atoms with Crippen molar-refractivity contribution in [2.24, 2.45) is 5.41 Å². The quantitative estimate of drug-likeness (QED) is 0.332. The summed E-state index contributed by atoms with van der Waals surface area (Å²) in [6, 6.07) is 18.9. The predicted molar refractivity (Wildman–Crippen MR) is 113 cm³/mol. The van der Waals surface area contributed by atoms with E-state index in [0.717, 1.165) is 11.1 Å². The Labute approximate surface area is 173 Å². The number of hydrogen-bond donors (Lipinski definition) is 3. The number of aliphatic hydroxyl groups is 1. The minimum Gasteiger partial charge on any atom is -0.439 e. The second-order valence-corrected chi connectivity index (χ2v) is 8.15. The summed E-state index contributed by atoms with van der Waals surface area (Å²) in [5.41, 5.74) is 1.42. The Bertz CT molecular complexity index is 732. The molecule has 0 saturated carbocycles. The minimum atomic E-state index is -0.766. The molecule has 0 heterocycles. The van der Waals surface area contributed by atoms with Crippen LogP contribution in [0.1, 0.15) is 50.5 Å². The number of benzene rings is 2. The van der Waals surface area contributed by atoms with E-state index in [2.05, 4.69) is 5.32 Å². The Morgan fingerprint density at radius 1 is 1.03 bits per heavy atom. The number of carbonyl (C=O) groups excluding carboxylic acids is 1. The van der Waals surface area contributed by atoms with Crippen LogP contribution < -0.4 is 5.32 Å². The molecular weight excluding hydrogens is 368 g/mol. The summed E-state index contributed by atoms with van der Waals surface area (Å²) >= 11 is 0. The summed E-state index contributed by atoms with van der Waals surface area (Å²) in [6.45, 7) is 7.05. The number of hydrogen-bond acceptors (Lipinski definition) is 5. The van der Waals surface area contributed by atoms with Crippen molar-refractivity contribution in [1.29, 1.82) is 0 Å². The summed E-state index contributed by atoms with van der Waals surface area (Å²) in [5.74, 6) is 0. The van der Waals surface area contributed by atoms with E-state index in [9.17, 15) is 15.1 Å². The number of hydroxylamine groups is 2. The van der Waals surface area contributed by atoms with Gasteiger partial charge in [-0.2, -0.15) is 5.06 Å². The van der Waals surface area contributed by atoms with Crippen LogP contribution in [-0.4, -0.2) is 41.1 Å². The fraction of sp³-hybridized carbons (Fsp3) is 0.435. The van der Waals surface area contributed by atoms with Crippen LogP contribution in [0.4, 0.5) is 4.79 Å². The van der Waals surface area contributed by atoms with Gasteiger partial charge in [0, 0.05) is 12.0 Å². The third kappa shape index (κ3) is 7.49. The van der Waals surface area contributed by atoms with Gasteiger partial charge in [-0.1, -0.05) is 81.4 Å². The van der Waals surface area contributed by atoms with Crippen LogP contribution in [0, 0.1) is 5.41 Å². The van der Waals surface area contributed by atoms with Crippen molar-refractivity contribution in [3.8, 4) is 0 Å². The van der Waals surface area contributed by atoms with Crippen LogP contribution in [0.3, 0.4) is 0 Å². The first kappa shape index (κ1) is 22.9. The van der Waals surface area contributed by atoms with Crippen LogP contribution in [-0.2, 0) is 4.74 Å². The first-order valence-electron chi connectivity index (χ1n) is 9.94. The minimum absolute atomic E-state index is 0.138. The molecule has 158 valence electrons. The van der Waals surface area contributed by atoms with Gasteiger partial charge in [0.2, 0.25) is 0 Å². The monoisotopic (exact) mass is 400 g/mol. The molecule has 0 fully saturated rings. The number of ether oxygens (including phenoxy) is 1. The van der Waals surface area contributed by atoms with Gasteiger partial charge >= 0.3 is 6.09 Å². The molecule has 0 aliphatic heterocycles. The van der Waals surface area contributed by atoms with E-state index in [-0.39, 0.29) is 12.0 Å². The fourth-order valence-electron chi connectivity index (χ4n) is 3.01. The molecule has 2 aromatic rings. The number of amides is 1. The first-order valence-corrected chi connectivity index (χ1v) is 9.94. The van der Waals surface area contributed by atoms with Crippen LogP contribution in [0.5, 0.6) is 0 Å². The van der Waals surface area contributed by atoms with Gasteiger partial charge in [-0.25, -0.2) is 4.79 Å². The molecule has 0 spiro atoms. The molecule has 0 aliphatic carbocycles. The topological polar surface area (TPSA) is 82.0 Å². The van der Waals surface area contributed by atoms with E-state index in [0.29, 0.717) is 24.6 Å². The molecule has 2 atom stereocenters. The average Bonchev–Trinajstić information content (AvgIpc) is 2.71. The van der Waals surface area contributed by atoms with Gasteiger partial charge in [-0.05, 0) is 24.1 Å². The van der Waals surface area contributed by atoms with E-state index < -0.39 is 18.3 Å². The Kier molecular flexibility index (Phi) is 8.64. The Hall–Kier alpha value is -2.41. The van der Waals surface area contributed by atoms with Gasteiger partial charge in [0.25, 0.3) is 0 Å². The highest BCUT2D eigenvalue weighted by Crippen LogP contribution is 2.36. The smallest absolute Gasteiger partial charge is 0.434 e. The van der Waals surface area contributed by atoms with E-state index in [4.69, 9.17) is 4.74 Å². The molecule has 0 radical (unpaired) electrons. The summed E-state index contributed by atoms with van der Waals surface area (Å²) in [5, 5.41) is 23.9. The summed E-state index contributed by atoms with van der Waals surface area (Å²) < 4.78 is 5.59. The lowest BCUT2D eigenvalue weighted by Crippen LogP contribution is -2.35. The van der Waals surface area contributed by atoms with Crippen LogP contribution in [0.15, 0.2) is 60.7 Å². The van der Waals surface area contributed by atoms with Crippen molar-refractivity contribution < 1.29 is 19.8 Å². The zero-order valence-electron chi connectivity index (χ0n) is 17.4. The van der Waals surface area contributed by atoms with Gasteiger partial charge in [-0.3, -0.25) is 5.21 Å². The number of nitrogens with zero attached hydrogens (tertiary/aromatic N) is 1. The van der Waals surface area contributed by atoms with E-state index in [1.807, 2.05) is 81.4 Å². The van der Waals surface area contributed by atoms with Gasteiger partial charge in [0.1, 0.15) is 6.10 Å². The maximum absolute atomic E-state index is 12.3. The second-order valence-electron chi connectivity index (χ2n) is 8.15. The van der Waals surface area contributed by atoms with Gasteiger partial charge in [-0.15, -0.1) is 0 Å². The average molecular weight is 401 g/mol. The highest BCUT2D eigenvalue weighted by molar-refractivity contribution is 5.66. The molecule has 0 saturated heterocycles. The number of aliphatic hydroxyl groups excluding tert-OH is 1. The van der Waals surface area contributed by atoms with E-state index in [1.54, 1.807) is 0 Å². The van der Waals surface area contributed by atoms with E-state index in [1.165, 1.54) is 0 Å². The molecule has 0 aromatic heterocycles. The molecule has 3 N–H and O–H groups in total. The fourth-order valence-corrected chi connectivity index (χ4v) is 3.01. The standard InChI is InChI=1S/C23H32N2O4/c1-23(2,3)21(19-13-8-5-9-14-19)29-22(27)25(28)16-10-15-24-17-20(26)18-11-6-4-7-12-18/h4-9,11-14,20-21,24,26,28H,10,15-17H2,1-3H3. The SMILES string of the molecule is CC(C)(C)C(OC(=O)N(O)CCCNCC(O)c1ccccc1)c1ccccc1. The lowest BCUT2D eigenvalue weighted by Gasteiger charge is -2.31. The molecule has 0 bridgehead atoms. The van der Waals surface area contributed by atoms with Crippen LogP contribution >= 0.6 is 0 Å². The number of carbonyl (C=O) groups is 1. The lowest BCUT2D eigenvalue weighted by molar-refractivity contribution is -0.0959. The lowest BCUT2D eigenvalue weighted by atomic mass is 9.84. The maximum atomic E-state index is 12.3. The summed E-state index contributed by atoms with van der Waals surface area (Å²) in [7, 11) is 0. The predicted octanol–water partition coefficient (Wildman–Crippen LogP) is 4.31. The normalized spacial score (nSPS) is 13.6. The molecular formula is C23H32N2O4. The van der Waals surface area contributed by atoms with Crippen molar-refractivity contribution in [3.63, 3.8) is 0 Å². The first-order chi connectivity index (χ1) is 13.8. The Morgan fingerprint density at radius 3 is 2.14 bits per heavy atom. The molecule has 1 amide bonds. The van der Waals surface area contributed by atoms with Crippen molar-refractivity contribution in [2.75, 3.05) is 19.6 Å². The van der Waals surface area contributed by atoms with Gasteiger partial charge in [0.15, 0.2) is 0 Å². The molecule has 6 nitrogen and oxygen atoms in total.